The number of carbonyl (C=O) groups excluding carboxylic acids is 3. The number of halogens is 1. The number of rotatable bonds is 6. The smallest absolute Gasteiger partial charge is 0.411 e. The highest BCUT2D eigenvalue weighted by atomic mass is 35.5. The monoisotopic (exact) mass is 595 g/mol. The van der Waals surface area contributed by atoms with Gasteiger partial charge in [0.15, 0.2) is 0 Å². The standard InChI is InChI=1S/C28H34ClN9O4/c1-42-28(41)34-19-9-10-20-22(14-19)36-25(39)6-4-2-3-5-21(27-32-15-23(20)37-27)35-26(40)12-7-17-13-18(29)8-11-24(17)38(31)16-33-30/h7-16,21,27,32,37H,2-6,30-31H2,1H3,(H,34,41)(H,35,40)(H,36,39)/b12-7+,33-16-/t21-,27?/m0/s1. The van der Waals surface area contributed by atoms with Crippen LogP contribution in [-0.2, 0) is 14.3 Å². The lowest BCUT2D eigenvalue weighted by atomic mass is 10.0. The van der Waals surface area contributed by atoms with Crippen LogP contribution in [0.4, 0.5) is 21.9 Å². The van der Waals surface area contributed by atoms with Gasteiger partial charge in [-0.15, -0.1) is 0 Å². The molecule has 0 saturated carbocycles. The average molecular weight is 596 g/mol. The Kier molecular flexibility index (Phi) is 10.2. The van der Waals surface area contributed by atoms with Crippen LogP contribution in [0.1, 0.15) is 43.2 Å². The summed E-state index contributed by atoms with van der Waals surface area (Å²) in [5.74, 6) is 10.8. The zero-order valence-corrected chi connectivity index (χ0v) is 23.8. The van der Waals surface area contributed by atoms with Crippen LogP contribution in [0.15, 0.2) is 53.8 Å². The van der Waals surface area contributed by atoms with Crippen LogP contribution in [-0.4, -0.2) is 43.6 Å². The highest BCUT2D eigenvalue weighted by molar-refractivity contribution is 6.30. The topological polar surface area (TPSA) is 188 Å². The van der Waals surface area contributed by atoms with Gasteiger partial charge in [0.25, 0.3) is 0 Å². The second-order valence-corrected chi connectivity index (χ2v) is 10.1. The molecule has 2 aromatic carbocycles. The van der Waals surface area contributed by atoms with Gasteiger partial charge in [-0.2, -0.15) is 5.10 Å². The number of nitrogens with two attached hydrogens (primary N) is 2. The van der Waals surface area contributed by atoms with E-state index in [9.17, 15) is 14.4 Å². The van der Waals surface area contributed by atoms with E-state index in [2.05, 4.69) is 36.4 Å². The predicted octanol–water partition coefficient (Wildman–Crippen LogP) is 3.02. The maximum Gasteiger partial charge on any atom is 0.411 e. The Labute approximate surface area is 248 Å². The van der Waals surface area contributed by atoms with Crippen LogP contribution < -0.4 is 43.3 Å². The molecule has 0 saturated heterocycles. The average Bonchev–Trinajstić information content (AvgIpc) is 3.45. The third-order valence-electron chi connectivity index (χ3n) is 6.76. The molecule has 9 N–H and O–H groups in total. The van der Waals surface area contributed by atoms with Gasteiger partial charge in [-0.25, -0.2) is 10.6 Å². The van der Waals surface area contributed by atoms with Crippen molar-refractivity contribution in [1.82, 2.24) is 16.0 Å². The number of ether oxygens (including phenoxy) is 1. The summed E-state index contributed by atoms with van der Waals surface area (Å²) in [6, 6.07) is 9.95. The molecule has 222 valence electrons. The molecule has 0 aromatic heterocycles. The Morgan fingerprint density at radius 1 is 1.19 bits per heavy atom. The van der Waals surface area contributed by atoms with E-state index >= 15 is 0 Å². The molecule has 2 aliphatic rings. The van der Waals surface area contributed by atoms with Crippen molar-refractivity contribution in [2.75, 3.05) is 22.8 Å². The van der Waals surface area contributed by atoms with Gasteiger partial charge in [0.2, 0.25) is 11.8 Å². The van der Waals surface area contributed by atoms with Crippen LogP contribution in [0, 0.1) is 0 Å². The number of amides is 3. The maximum absolute atomic E-state index is 13.1. The molecule has 4 rings (SSSR count). The van der Waals surface area contributed by atoms with Crippen LogP contribution in [0.5, 0.6) is 0 Å². The normalized spacial score (nSPS) is 18.7. The minimum Gasteiger partial charge on any atom is -0.453 e. The molecule has 3 amide bonds. The fourth-order valence-electron chi connectivity index (χ4n) is 4.71. The van der Waals surface area contributed by atoms with Crippen molar-refractivity contribution in [3.05, 3.63) is 64.8 Å². The number of nitrogens with one attached hydrogen (secondary N) is 5. The van der Waals surface area contributed by atoms with Gasteiger partial charge in [-0.1, -0.05) is 24.4 Å². The van der Waals surface area contributed by atoms with Crippen LogP contribution in [0.2, 0.25) is 5.02 Å². The molecule has 2 aromatic rings. The minimum atomic E-state index is -0.616. The molecule has 13 nitrogen and oxygen atoms in total. The van der Waals surface area contributed by atoms with E-state index < -0.39 is 6.09 Å². The first-order valence-electron chi connectivity index (χ1n) is 13.3. The van der Waals surface area contributed by atoms with Gasteiger partial charge >= 0.3 is 6.09 Å². The summed E-state index contributed by atoms with van der Waals surface area (Å²) in [4.78, 5) is 37.5. The van der Waals surface area contributed by atoms with Gasteiger partial charge in [-0.05, 0) is 55.3 Å². The summed E-state index contributed by atoms with van der Waals surface area (Å²) in [6.07, 6.45) is 8.47. The fraction of sp³-hybridized carbons (Fsp3) is 0.286. The Morgan fingerprint density at radius 3 is 2.81 bits per heavy atom. The van der Waals surface area contributed by atoms with E-state index in [4.69, 9.17) is 23.3 Å². The third kappa shape index (κ3) is 7.92. The van der Waals surface area contributed by atoms with E-state index in [0.717, 1.165) is 24.1 Å². The van der Waals surface area contributed by atoms with Gasteiger partial charge < -0.3 is 31.8 Å². The maximum atomic E-state index is 13.1. The summed E-state index contributed by atoms with van der Waals surface area (Å²) in [6.45, 7) is 0. The van der Waals surface area contributed by atoms with E-state index in [1.807, 2.05) is 0 Å². The van der Waals surface area contributed by atoms with Crippen LogP contribution >= 0.6 is 11.6 Å². The molecule has 2 aliphatic heterocycles. The second kappa shape index (κ2) is 14.2. The number of anilines is 3. The number of hydrazone groups is 1. The molecule has 42 heavy (non-hydrogen) atoms. The fourth-order valence-corrected chi connectivity index (χ4v) is 4.89. The SMILES string of the molecule is COC(=O)Nc1ccc2c(c1)NC(=O)CCCCC[C@H](NC(=O)/C=C/c1cc(Cl)ccc1N(N)/C=N\N)C1NC=C2N1. The first kappa shape index (κ1) is 30.2. The van der Waals surface area contributed by atoms with Crippen molar-refractivity contribution in [2.24, 2.45) is 16.8 Å². The molecule has 1 unspecified atom stereocenters. The third-order valence-corrected chi connectivity index (χ3v) is 6.99. The Morgan fingerprint density at radius 2 is 2.02 bits per heavy atom. The van der Waals surface area contributed by atoms with Gasteiger partial charge in [0.1, 0.15) is 12.5 Å². The van der Waals surface area contributed by atoms with Crippen molar-refractivity contribution < 1.29 is 19.1 Å². The summed E-state index contributed by atoms with van der Waals surface area (Å²) < 4.78 is 4.68. The highest BCUT2D eigenvalue weighted by Crippen LogP contribution is 2.29. The Balaban J connectivity index is 1.52. The van der Waals surface area contributed by atoms with Gasteiger partial charge in [0.05, 0.1) is 30.2 Å². The molecule has 2 atom stereocenters. The largest absolute Gasteiger partial charge is 0.453 e. The number of carbonyl (C=O) groups is 3. The summed E-state index contributed by atoms with van der Waals surface area (Å²) in [5, 5.41) is 20.5. The van der Waals surface area contributed by atoms with Crippen molar-refractivity contribution in [1.29, 1.82) is 0 Å². The van der Waals surface area contributed by atoms with Crippen LogP contribution in [0.25, 0.3) is 11.8 Å². The molecular weight excluding hydrogens is 562 g/mol. The quantitative estimate of drug-likeness (QED) is 0.0865. The number of benzene rings is 2. The van der Waals surface area contributed by atoms with Crippen molar-refractivity contribution in [2.45, 2.75) is 44.3 Å². The van der Waals surface area contributed by atoms with Crippen LogP contribution in [0.3, 0.4) is 0 Å². The summed E-state index contributed by atoms with van der Waals surface area (Å²) >= 11 is 6.17. The first-order chi connectivity index (χ1) is 20.3. The molecule has 14 heteroatoms. The van der Waals surface area contributed by atoms with Crippen molar-refractivity contribution >= 4 is 64.7 Å². The molecule has 0 radical (unpaired) electrons. The number of hydrogen-bond donors (Lipinski definition) is 7. The molecule has 0 fully saturated rings. The first-order valence-corrected chi connectivity index (χ1v) is 13.7. The molecular formula is C28H34ClN9O4. The summed E-state index contributed by atoms with van der Waals surface area (Å²) in [5.41, 5.74) is 3.61. The van der Waals surface area contributed by atoms with E-state index in [1.165, 1.54) is 24.5 Å². The van der Waals surface area contributed by atoms with Crippen molar-refractivity contribution in [3.63, 3.8) is 0 Å². The van der Waals surface area contributed by atoms with E-state index in [0.29, 0.717) is 46.9 Å². The lowest BCUT2D eigenvalue weighted by molar-refractivity contribution is -0.117. The molecule has 0 aliphatic carbocycles. The van der Waals surface area contributed by atoms with E-state index in [-0.39, 0.29) is 24.0 Å². The lowest BCUT2D eigenvalue weighted by Crippen LogP contribution is -2.52. The predicted molar refractivity (Wildman–Crippen MR) is 164 cm³/mol. The van der Waals surface area contributed by atoms with E-state index in [1.54, 1.807) is 48.7 Å². The Hall–Kier alpha value is -4.75. The zero-order chi connectivity index (χ0) is 30.1. The summed E-state index contributed by atoms with van der Waals surface area (Å²) in [7, 11) is 1.28. The second-order valence-electron chi connectivity index (χ2n) is 9.69. The highest BCUT2D eigenvalue weighted by Gasteiger charge is 2.28. The lowest BCUT2D eigenvalue weighted by Gasteiger charge is -2.26. The molecule has 2 bridgehead atoms. The van der Waals surface area contributed by atoms with Gasteiger partial charge in [0, 0.05) is 40.5 Å². The number of hydrazine groups is 1. The number of hydrogen-bond acceptors (Lipinski definition) is 9. The zero-order valence-electron chi connectivity index (χ0n) is 23.0. The van der Waals surface area contributed by atoms with Crippen molar-refractivity contribution in [3.8, 4) is 0 Å². The number of methoxy groups -OCH3 is 1. The van der Waals surface area contributed by atoms with Gasteiger partial charge in [-0.3, -0.25) is 19.9 Å². The molecule has 2 heterocycles. The molecule has 0 spiro atoms. The number of nitrogens with zero attached hydrogens (tertiary/aromatic N) is 2. The minimum absolute atomic E-state index is 0.127. The Bertz CT molecular complexity index is 1410. The number of fused-ring (bicyclic) bond motifs is 4.